The van der Waals surface area contributed by atoms with E-state index in [0.29, 0.717) is 0 Å². The summed E-state index contributed by atoms with van der Waals surface area (Å²) in [4.78, 5) is 2.24. The van der Waals surface area contributed by atoms with E-state index in [4.69, 9.17) is 20.5 Å². The number of nitrogens with zero attached hydrogens (tertiary/aromatic N) is 1. The van der Waals surface area contributed by atoms with Crippen LogP contribution in [0.4, 0.5) is 5.69 Å². The summed E-state index contributed by atoms with van der Waals surface area (Å²) in [5.41, 5.74) is 2.63. The van der Waals surface area contributed by atoms with Crippen LogP contribution in [-0.4, -0.2) is 31.7 Å². The minimum atomic E-state index is -0.580. The van der Waals surface area contributed by atoms with Gasteiger partial charge in [-0.2, -0.15) is 12.6 Å². The van der Waals surface area contributed by atoms with E-state index in [9.17, 15) is 0 Å². The Hall–Kier alpha value is -0.605. The Morgan fingerprint density at radius 2 is 2.24 bits per heavy atom. The molecule has 0 aliphatic carbocycles. The zero-order chi connectivity index (χ0) is 11.9. The molecule has 1 aromatic carbocycles. The van der Waals surface area contributed by atoms with Gasteiger partial charge in [0.1, 0.15) is 7.85 Å². The summed E-state index contributed by atoms with van der Waals surface area (Å²) in [6, 6.07) is 8.77. The largest absolute Gasteiger partial charge is 0.364 e. The fraction of sp³-hybridized carbons (Fsp3) is 0.538. The van der Waals surface area contributed by atoms with Crippen LogP contribution in [0.2, 0.25) is 0 Å². The van der Waals surface area contributed by atoms with Crippen molar-refractivity contribution in [1.82, 2.24) is 5.32 Å². The highest BCUT2D eigenvalue weighted by Gasteiger charge is 2.39. The predicted octanol–water partition coefficient (Wildman–Crippen LogP) is 1.55. The highest BCUT2D eigenvalue weighted by Crippen LogP contribution is 2.37. The van der Waals surface area contributed by atoms with Crippen molar-refractivity contribution in [2.45, 2.75) is 30.1 Å². The molecule has 2 nitrogen and oxygen atoms in total. The second-order valence-corrected chi connectivity index (χ2v) is 5.68. The molecular formula is C13H17BN2S. The lowest BCUT2D eigenvalue weighted by Gasteiger charge is -2.42. The number of anilines is 1. The van der Waals surface area contributed by atoms with E-state index in [0.717, 1.165) is 25.9 Å². The second kappa shape index (κ2) is 4.25. The Labute approximate surface area is 110 Å². The van der Waals surface area contributed by atoms with Crippen molar-refractivity contribution >= 4 is 26.2 Å². The first-order valence-corrected chi connectivity index (χ1v) is 6.74. The van der Waals surface area contributed by atoms with Crippen molar-refractivity contribution in [2.24, 2.45) is 0 Å². The monoisotopic (exact) mass is 244 g/mol. The van der Waals surface area contributed by atoms with E-state index in [1.54, 1.807) is 0 Å². The quantitative estimate of drug-likeness (QED) is 0.606. The summed E-state index contributed by atoms with van der Waals surface area (Å²) in [5.74, 6) is 0. The Bertz CT molecular complexity index is 416. The molecule has 0 bridgehead atoms. The summed E-state index contributed by atoms with van der Waals surface area (Å²) in [6.07, 6.45) is 3.38. The van der Waals surface area contributed by atoms with Crippen molar-refractivity contribution in [3.8, 4) is 0 Å². The molecule has 1 N–H and O–H groups in total. The highest BCUT2D eigenvalue weighted by atomic mass is 32.1. The summed E-state index contributed by atoms with van der Waals surface area (Å²) in [5, 5.41) is 3.46. The standard InChI is InChI=1S/C13H17BN2S/c14-13(17,12-6-3-8-15-12)16-9-7-10-4-1-2-5-11(10)16/h1-2,4-5,12,15,17H,3,6-9H2/t12-,13?/m1/s1. The van der Waals surface area contributed by atoms with Gasteiger partial charge in [0.15, 0.2) is 0 Å². The third-order valence-electron chi connectivity index (χ3n) is 3.89. The molecular weight excluding hydrogens is 227 g/mol. The van der Waals surface area contributed by atoms with Crippen molar-refractivity contribution in [3.05, 3.63) is 29.8 Å². The number of fused-ring (bicyclic) bond motifs is 1. The molecule has 1 unspecified atom stereocenters. The first-order chi connectivity index (χ1) is 8.19. The molecule has 0 spiro atoms. The van der Waals surface area contributed by atoms with Crippen molar-refractivity contribution in [1.29, 1.82) is 0 Å². The van der Waals surface area contributed by atoms with E-state index in [-0.39, 0.29) is 6.04 Å². The van der Waals surface area contributed by atoms with Crippen LogP contribution < -0.4 is 10.2 Å². The summed E-state index contributed by atoms with van der Waals surface area (Å²) >= 11 is 4.74. The van der Waals surface area contributed by atoms with Gasteiger partial charge >= 0.3 is 0 Å². The SMILES string of the molecule is [B]C(S)([C@H]1CCCN1)N1CCc2ccccc21. The molecule has 17 heavy (non-hydrogen) atoms. The van der Waals surface area contributed by atoms with Crippen LogP contribution in [0.1, 0.15) is 18.4 Å². The summed E-state index contributed by atoms with van der Waals surface area (Å²) < 4.78 is -0.580. The molecule has 4 heteroatoms. The molecule has 1 saturated heterocycles. The average molecular weight is 244 g/mol. The van der Waals surface area contributed by atoms with Gasteiger partial charge in [0.25, 0.3) is 0 Å². The average Bonchev–Trinajstić information content (AvgIpc) is 2.99. The van der Waals surface area contributed by atoms with Gasteiger partial charge in [-0.15, -0.1) is 0 Å². The van der Waals surface area contributed by atoms with Crippen LogP contribution in [0.25, 0.3) is 0 Å². The zero-order valence-electron chi connectivity index (χ0n) is 9.89. The van der Waals surface area contributed by atoms with Crippen LogP contribution in [0, 0.1) is 0 Å². The van der Waals surface area contributed by atoms with Gasteiger partial charge in [0, 0.05) is 18.3 Å². The Balaban J connectivity index is 1.90. The van der Waals surface area contributed by atoms with E-state index >= 15 is 0 Å². The van der Waals surface area contributed by atoms with Crippen molar-refractivity contribution in [3.63, 3.8) is 0 Å². The van der Waals surface area contributed by atoms with Crippen LogP contribution in [0.3, 0.4) is 0 Å². The number of para-hydroxylation sites is 1. The van der Waals surface area contributed by atoms with Crippen LogP contribution >= 0.6 is 12.6 Å². The summed E-state index contributed by atoms with van der Waals surface area (Å²) in [7, 11) is 6.47. The molecule has 1 fully saturated rings. The van der Waals surface area contributed by atoms with Crippen LogP contribution in [0.5, 0.6) is 0 Å². The van der Waals surface area contributed by atoms with Gasteiger partial charge in [0.2, 0.25) is 0 Å². The van der Waals surface area contributed by atoms with Crippen LogP contribution in [-0.2, 0) is 6.42 Å². The molecule has 2 aliphatic rings. The van der Waals surface area contributed by atoms with E-state index < -0.39 is 4.77 Å². The van der Waals surface area contributed by atoms with Crippen molar-refractivity contribution in [2.75, 3.05) is 18.0 Å². The lowest BCUT2D eigenvalue weighted by atomic mass is 9.85. The molecule has 0 amide bonds. The first-order valence-electron chi connectivity index (χ1n) is 6.30. The minimum absolute atomic E-state index is 0.275. The molecule has 2 aliphatic heterocycles. The van der Waals surface area contributed by atoms with E-state index in [2.05, 4.69) is 34.5 Å². The van der Waals surface area contributed by atoms with E-state index in [1.807, 2.05) is 0 Å². The molecule has 88 valence electrons. The van der Waals surface area contributed by atoms with E-state index in [1.165, 1.54) is 17.7 Å². The van der Waals surface area contributed by atoms with Gasteiger partial charge in [-0.25, -0.2) is 0 Å². The molecule has 2 heterocycles. The number of rotatable bonds is 2. The maximum absolute atomic E-state index is 6.47. The van der Waals surface area contributed by atoms with Gasteiger partial charge in [-0.3, -0.25) is 0 Å². The van der Waals surface area contributed by atoms with Crippen LogP contribution in [0.15, 0.2) is 24.3 Å². The Morgan fingerprint density at radius 3 is 3.00 bits per heavy atom. The van der Waals surface area contributed by atoms with Gasteiger partial charge in [0.05, 0.1) is 4.77 Å². The smallest absolute Gasteiger partial charge is 0.121 e. The molecule has 3 rings (SSSR count). The fourth-order valence-electron chi connectivity index (χ4n) is 2.95. The predicted molar refractivity (Wildman–Crippen MR) is 76.0 cm³/mol. The van der Waals surface area contributed by atoms with Crippen molar-refractivity contribution < 1.29 is 0 Å². The topological polar surface area (TPSA) is 15.3 Å². The number of benzene rings is 1. The third kappa shape index (κ3) is 1.87. The number of nitrogens with one attached hydrogen (secondary N) is 1. The zero-order valence-corrected chi connectivity index (χ0v) is 10.8. The molecule has 0 aromatic heterocycles. The maximum Gasteiger partial charge on any atom is 0.121 e. The number of hydrogen-bond donors (Lipinski definition) is 2. The second-order valence-electron chi connectivity index (χ2n) is 4.96. The Kier molecular flexibility index (Phi) is 2.87. The fourth-order valence-corrected chi connectivity index (χ4v) is 3.37. The third-order valence-corrected chi connectivity index (χ3v) is 4.45. The van der Waals surface area contributed by atoms with Gasteiger partial charge in [-0.1, -0.05) is 18.2 Å². The highest BCUT2D eigenvalue weighted by molar-refractivity contribution is 7.83. The normalized spacial score (nSPS) is 26.9. The lowest BCUT2D eigenvalue weighted by Crippen LogP contribution is -2.56. The molecule has 2 atom stereocenters. The summed E-state index contributed by atoms with van der Waals surface area (Å²) in [6.45, 7) is 2.02. The Morgan fingerprint density at radius 1 is 1.41 bits per heavy atom. The minimum Gasteiger partial charge on any atom is -0.364 e. The molecule has 1 aromatic rings. The first kappa shape index (κ1) is 11.5. The number of thiol groups is 1. The lowest BCUT2D eigenvalue weighted by molar-refractivity contribution is 0.522. The van der Waals surface area contributed by atoms with Gasteiger partial charge < -0.3 is 10.2 Å². The maximum atomic E-state index is 6.47. The molecule has 0 saturated carbocycles. The molecule has 2 radical (unpaired) electrons. The number of hydrogen-bond acceptors (Lipinski definition) is 3. The van der Waals surface area contributed by atoms with Gasteiger partial charge in [-0.05, 0) is 37.4 Å².